The van der Waals surface area contributed by atoms with Crippen molar-refractivity contribution in [2.75, 3.05) is 18.6 Å². The van der Waals surface area contributed by atoms with Crippen molar-refractivity contribution < 1.29 is 17.5 Å². The Balaban J connectivity index is 2.84. The maximum Gasteiger partial charge on any atom is 0.261 e. The lowest BCUT2D eigenvalue weighted by molar-refractivity contribution is 0.324. The first-order chi connectivity index (χ1) is 7.45. The van der Waals surface area contributed by atoms with E-state index in [0.29, 0.717) is 6.61 Å². The molecule has 0 atom stereocenters. The predicted molar refractivity (Wildman–Crippen MR) is 63.3 cm³/mol. The molecule has 7 heteroatoms. The molecule has 0 aliphatic carbocycles. The van der Waals surface area contributed by atoms with Crippen LogP contribution in [0.1, 0.15) is 0 Å². The van der Waals surface area contributed by atoms with Crippen molar-refractivity contribution >= 4 is 31.5 Å². The molecule has 0 spiro atoms. The first-order valence-electron chi connectivity index (χ1n) is 4.31. The smallest absolute Gasteiger partial charge is 0.261 e. The van der Waals surface area contributed by atoms with Crippen LogP contribution in [0.3, 0.4) is 0 Å². The van der Waals surface area contributed by atoms with Crippen molar-refractivity contribution in [2.24, 2.45) is 0 Å². The molecule has 1 aromatic rings. The van der Waals surface area contributed by atoms with Crippen LogP contribution < -0.4 is 4.74 Å². The molecule has 0 aromatic heterocycles. The van der Waals surface area contributed by atoms with Crippen LogP contribution in [-0.2, 0) is 9.05 Å². The first-order valence-corrected chi connectivity index (χ1v) is 8.01. The minimum atomic E-state index is -3.89. The van der Waals surface area contributed by atoms with Gasteiger partial charge in [0.25, 0.3) is 9.05 Å². The summed E-state index contributed by atoms with van der Waals surface area (Å²) in [6.07, 6.45) is 1.91. The van der Waals surface area contributed by atoms with Crippen LogP contribution in [0.4, 0.5) is 4.39 Å². The summed E-state index contributed by atoms with van der Waals surface area (Å²) >= 11 is 1.57. The molecule has 0 saturated heterocycles. The molecule has 1 rings (SSSR count). The maximum atomic E-state index is 13.4. The van der Waals surface area contributed by atoms with E-state index in [4.69, 9.17) is 15.4 Å². The molecule has 0 fully saturated rings. The largest absolute Gasteiger partial charge is 0.490 e. The highest BCUT2D eigenvalue weighted by atomic mass is 35.7. The van der Waals surface area contributed by atoms with Crippen molar-refractivity contribution in [3.8, 4) is 5.75 Å². The van der Waals surface area contributed by atoms with E-state index in [9.17, 15) is 12.8 Å². The molecule has 0 aliphatic heterocycles. The number of hydrogen-bond acceptors (Lipinski definition) is 4. The zero-order valence-corrected chi connectivity index (χ0v) is 10.8. The van der Waals surface area contributed by atoms with Crippen molar-refractivity contribution in [3.05, 3.63) is 24.0 Å². The molecule has 16 heavy (non-hydrogen) atoms. The fraction of sp³-hybridized carbons (Fsp3) is 0.333. The highest BCUT2D eigenvalue weighted by Crippen LogP contribution is 2.23. The van der Waals surface area contributed by atoms with Gasteiger partial charge in [-0.25, -0.2) is 12.8 Å². The number of halogens is 2. The van der Waals surface area contributed by atoms with Gasteiger partial charge in [-0.15, -0.1) is 0 Å². The third kappa shape index (κ3) is 3.84. The molecule has 0 aliphatic rings. The third-order valence-electron chi connectivity index (χ3n) is 1.73. The van der Waals surface area contributed by atoms with Crippen LogP contribution in [0, 0.1) is 5.82 Å². The Bertz CT molecular complexity index is 462. The summed E-state index contributed by atoms with van der Waals surface area (Å²) in [5.41, 5.74) is 0. The Morgan fingerprint density at radius 3 is 2.69 bits per heavy atom. The molecule has 1 aromatic carbocycles. The molecule has 0 heterocycles. The van der Waals surface area contributed by atoms with E-state index in [1.54, 1.807) is 11.8 Å². The van der Waals surface area contributed by atoms with Crippen molar-refractivity contribution in [2.45, 2.75) is 4.90 Å². The lowest BCUT2D eigenvalue weighted by atomic mass is 10.3. The van der Waals surface area contributed by atoms with E-state index in [1.807, 2.05) is 6.26 Å². The minimum Gasteiger partial charge on any atom is -0.490 e. The van der Waals surface area contributed by atoms with E-state index >= 15 is 0 Å². The van der Waals surface area contributed by atoms with E-state index in [1.165, 1.54) is 12.1 Å². The average Bonchev–Trinajstić information content (AvgIpc) is 2.19. The third-order valence-corrected chi connectivity index (χ3v) is 3.66. The van der Waals surface area contributed by atoms with Gasteiger partial charge in [0.05, 0.1) is 11.5 Å². The SMILES string of the molecule is CSCCOc1ccc(S(=O)(=O)Cl)cc1F. The lowest BCUT2D eigenvalue weighted by Gasteiger charge is -2.06. The zero-order chi connectivity index (χ0) is 12.2. The fourth-order valence-corrected chi connectivity index (χ4v) is 2.00. The number of hydrogen-bond donors (Lipinski definition) is 0. The maximum absolute atomic E-state index is 13.4. The molecule has 0 amide bonds. The number of ether oxygens (including phenoxy) is 1. The van der Waals surface area contributed by atoms with Crippen LogP contribution in [0.2, 0.25) is 0 Å². The Morgan fingerprint density at radius 2 is 2.19 bits per heavy atom. The zero-order valence-electron chi connectivity index (χ0n) is 8.44. The Hall–Kier alpha value is -0.460. The van der Waals surface area contributed by atoms with Gasteiger partial charge < -0.3 is 4.74 Å². The molecule has 0 N–H and O–H groups in total. The lowest BCUT2D eigenvalue weighted by Crippen LogP contribution is -2.02. The molecule has 3 nitrogen and oxygen atoms in total. The van der Waals surface area contributed by atoms with E-state index in [-0.39, 0.29) is 10.6 Å². The van der Waals surface area contributed by atoms with Gasteiger partial charge in [0.15, 0.2) is 11.6 Å². The summed E-state index contributed by atoms with van der Waals surface area (Å²) in [6, 6.07) is 3.31. The van der Waals surface area contributed by atoms with Crippen LogP contribution >= 0.6 is 22.4 Å². The van der Waals surface area contributed by atoms with Crippen molar-refractivity contribution in [1.82, 2.24) is 0 Å². The average molecular weight is 285 g/mol. The van der Waals surface area contributed by atoms with E-state index < -0.39 is 14.9 Å². The quantitative estimate of drug-likeness (QED) is 0.615. The van der Waals surface area contributed by atoms with Crippen LogP contribution in [0.5, 0.6) is 5.75 Å². The molecule has 90 valence electrons. The summed E-state index contributed by atoms with van der Waals surface area (Å²) < 4.78 is 40.3. The Morgan fingerprint density at radius 1 is 1.50 bits per heavy atom. The Kier molecular flexibility index (Phi) is 4.89. The summed E-state index contributed by atoms with van der Waals surface area (Å²) in [4.78, 5) is -0.274. The van der Waals surface area contributed by atoms with Crippen LogP contribution in [-0.4, -0.2) is 27.0 Å². The number of benzene rings is 1. The summed E-state index contributed by atoms with van der Waals surface area (Å²) in [5, 5.41) is 0. The number of thioether (sulfide) groups is 1. The molecule has 0 saturated carbocycles. The minimum absolute atomic E-state index is 0.0260. The van der Waals surface area contributed by atoms with Gasteiger partial charge in [0.2, 0.25) is 0 Å². The van der Waals surface area contributed by atoms with Gasteiger partial charge >= 0.3 is 0 Å². The summed E-state index contributed by atoms with van der Waals surface area (Å²) in [7, 11) is 1.18. The topological polar surface area (TPSA) is 43.4 Å². The van der Waals surface area contributed by atoms with Gasteiger partial charge in [0.1, 0.15) is 0 Å². The summed E-state index contributed by atoms with van der Waals surface area (Å²) in [6.45, 7) is 0.366. The number of rotatable bonds is 5. The van der Waals surface area contributed by atoms with Gasteiger partial charge in [-0.3, -0.25) is 0 Å². The van der Waals surface area contributed by atoms with Crippen molar-refractivity contribution in [3.63, 3.8) is 0 Å². The molecular weight excluding hydrogens is 275 g/mol. The molecule has 0 unspecified atom stereocenters. The van der Waals surface area contributed by atoms with Crippen LogP contribution in [0.15, 0.2) is 23.1 Å². The highest BCUT2D eigenvalue weighted by molar-refractivity contribution is 8.13. The van der Waals surface area contributed by atoms with Crippen LogP contribution in [0.25, 0.3) is 0 Å². The van der Waals surface area contributed by atoms with Gasteiger partial charge in [-0.05, 0) is 24.5 Å². The first kappa shape index (κ1) is 13.6. The van der Waals surface area contributed by atoms with E-state index in [2.05, 4.69) is 0 Å². The predicted octanol–water partition coefficient (Wildman–Crippen LogP) is 2.50. The molecule has 0 radical (unpaired) electrons. The molecule has 0 bridgehead atoms. The molecular formula is C9H10ClFO3S2. The van der Waals surface area contributed by atoms with Gasteiger partial charge in [-0.1, -0.05) is 0 Å². The summed E-state index contributed by atoms with van der Waals surface area (Å²) in [5.74, 6) is 0.0237. The highest BCUT2D eigenvalue weighted by Gasteiger charge is 2.13. The van der Waals surface area contributed by atoms with Gasteiger partial charge in [-0.2, -0.15) is 11.8 Å². The fourth-order valence-electron chi connectivity index (χ4n) is 0.985. The monoisotopic (exact) mass is 284 g/mol. The van der Waals surface area contributed by atoms with Crippen molar-refractivity contribution in [1.29, 1.82) is 0 Å². The standard InChI is InChI=1S/C9H10ClFO3S2/c1-15-5-4-14-9-3-2-7(6-8(9)11)16(10,12)13/h2-3,6H,4-5H2,1H3. The van der Waals surface area contributed by atoms with Gasteiger partial charge in [0, 0.05) is 16.4 Å². The second-order valence-electron chi connectivity index (χ2n) is 2.87. The second kappa shape index (κ2) is 5.75. The van der Waals surface area contributed by atoms with E-state index in [0.717, 1.165) is 11.8 Å². The normalized spacial score (nSPS) is 11.4. The second-order valence-corrected chi connectivity index (χ2v) is 6.42. The Labute approximate surface area is 102 Å².